The summed E-state index contributed by atoms with van der Waals surface area (Å²) in [5.41, 5.74) is 7.40. The van der Waals surface area contributed by atoms with Crippen LogP contribution in [0.15, 0.2) is 24.3 Å². The van der Waals surface area contributed by atoms with Gasteiger partial charge in [-0.25, -0.2) is 4.79 Å². The van der Waals surface area contributed by atoms with E-state index in [-0.39, 0.29) is 0 Å². The molecular formula is C16H24N3O2. The highest BCUT2D eigenvalue weighted by Gasteiger charge is 2.17. The number of anilines is 1. The number of benzene rings is 1. The van der Waals surface area contributed by atoms with Crippen LogP contribution < -0.4 is 10.6 Å². The van der Waals surface area contributed by atoms with E-state index in [0.717, 1.165) is 44.5 Å². The lowest BCUT2D eigenvalue weighted by Gasteiger charge is -2.30. The average molecular weight is 290 g/mol. The maximum absolute atomic E-state index is 11.4. The summed E-state index contributed by atoms with van der Waals surface area (Å²) in [4.78, 5) is 15.2. The summed E-state index contributed by atoms with van der Waals surface area (Å²) in [7, 11) is 0. The number of hydrogen-bond donors (Lipinski definition) is 2. The van der Waals surface area contributed by atoms with Crippen molar-refractivity contribution in [2.24, 2.45) is 5.73 Å². The van der Waals surface area contributed by atoms with E-state index in [1.165, 1.54) is 4.90 Å². The lowest BCUT2D eigenvalue weighted by Crippen LogP contribution is -2.41. The fourth-order valence-corrected chi connectivity index (χ4v) is 2.69. The number of piperidine rings is 1. The summed E-state index contributed by atoms with van der Waals surface area (Å²) in [5.74, 6) is 0. The second kappa shape index (κ2) is 7.43. The summed E-state index contributed by atoms with van der Waals surface area (Å²) in [6.45, 7) is 7.30. The van der Waals surface area contributed by atoms with Crippen LogP contribution in [0.25, 0.3) is 0 Å². The van der Waals surface area contributed by atoms with Crippen LogP contribution in [0.3, 0.4) is 0 Å². The quantitative estimate of drug-likeness (QED) is 0.872. The zero-order valence-corrected chi connectivity index (χ0v) is 12.4. The van der Waals surface area contributed by atoms with E-state index >= 15 is 0 Å². The normalized spacial score (nSPS) is 16.9. The van der Waals surface area contributed by atoms with Gasteiger partial charge in [0.15, 0.2) is 0 Å². The first-order valence-corrected chi connectivity index (χ1v) is 7.46. The number of carboxylic acid groups (broad SMARTS) is 1. The number of rotatable bonds is 5. The molecule has 1 aromatic rings. The Morgan fingerprint density at radius 2 is 2.14 bits per heavy atom. The van der Waals surface area contributed by atoms with Gasteiger partial charge >= 0.3 is 6.09 Å². The minimum atomic E-state index is -0.915. The molecule has 0 unspecified atom stereocenters. The molecule has 1 aromatic carbocycles. The molecule has 0 aliphatic carbocycles. The van der Waals surface area contributed by atoms with Crippen molar-refractivity contribution in [3.8, 4) is 0 Å². The molecule has 21 heavy (non-hydrogen) atoms. The molecule has 3 N–H and O–H groups in total. The third kappa shape index (κ3) is 4.72. The second-order valence-electron chi connectivity index (χ2n) is 5.64. The van der Waals surface area contributed by atoms with Gasteiger partial charge < -0.3 is 15.7 Å². The molecule has 1 aliphatic heterocycles. The molecule has 5 nitrogen and oxygen atoms in total. The average Bonchev–Trinajstić information content (AvgIpc) is 2.45. The first-order valence-electron chi connectivity index (χ1n) is 7.46. The van der Waals surface area contributed by atoms with Gasteiger partial charge in [-0.15, -0.1) is 0 Å². The highest BCUT2D eigenvalue weighted by Crippen LogP contribution is 2.17. The molecule has 0 bridgehead atoms. The monoisotopic (exact) mass is 290 g/mol. The van der Waals surface area contributed by atoms with Gasteiger partial charge in [0.25, 0.3) is 0 Å². The van der Waals surface area contributed by atoms with Crippen molar-refractivity contribution in [2.45, 2.75) is 25.3 Å². The Balaban J connectivity index is 1.85. The molecule has 1 aliphatic rings. The number of likely N-dealkylation sites (tertiary alicyclic amines) is 1. The molecule has 1 radical (unpaired) electrons. The lowest BCUT2D eigenvalue weighted by atomic mass is 10.1. The van der Waals surface area contributed by atoms with Crippen LogP contribution in [0.5, 0.6) is 0 Å². The molecule has 0 atom stereocenters. The fraction of sp³-hybridized carbons (Fsp3) is 0.500. The van der Waals surface area contributed by atoms with Gasteiger partial charge in [-0.3, -0.25) is 4.90 Å². The van der Waals surface area contributed by atoms with Gasteiger partial charge in [-0.05, 0) is 63.5 Å². The Morgan fingerprint density at radius 1 is 1.43 bits per heavy atom. The summed E-state index contributed by atoms with van der Waals surface area (Å²) in [6.07, 6.45) is 1.97. The van der Waals surface area contributed by atoms with Gasteiger partial charge in [0.1, 0.15) is 0 Å². The van der Waals surface area contributed by atoms with Crippen LogP contribution in [-0.4, -0.2) is 48.3 Å². The summed E-state index contributed by atoms with van der Waals surface area (Å²) >= 11 is 0. The number of nitrogens with two attached hydrogens (primary N) is 1. The lowest BCUT2D eigenvalue weighted by molar-refractivity contribution is 0.197. The molecular weight excluding hydrogens is 266 g/mol. The Bertz CT molecular complexity index is 470. The van der Waals surface area contributed by atoms with E-state index in [4.69, 9.17) is 5.73 Å². The maximum Gasteiger partial charge on any atom is 0.411 e. The van der Waals surface area contributed by atoms with Crippen LogP contribution in [0.1, 0.15) is 24.8 Å². The molecule has 5 heteroatoms. The van der Waals surface area contributed by atoms with E-state index < -0.39 is 6.09 Å². The highest BCUT2D eigenvalue weighted by atomic mass is 16.4. The molecule has 1 fully saturated rings. The van der Waals surface area contributed by atoms with E-state index in [1.54, 1.807) is 6.07 Å². The number of nitrogens with zero attached hydrogens (tertiary/aromatic N) is 2. The van der Waals surface area contributed by atoms with Crippen LogP contribution in [0, 0.1) is 6.92 Å². The minimum Gasteiger partial charge on any atom is -0.465 e. The van der Waals surface area contributed by atoms with Crippen molar-refractivity contribution in [1.82, 2.24) is 4.90 Å². The van der Waals surface area contributed by atoms with Gasteiger partial charge in [-0.2, -0.15) is 0 Å². The zero-order valence-electron chi connectivity index (χ0n) is 12.4. The fourth-order valence-electron chi connectivity index (χ4n) is 2.69. The van der Waals surface area contributed by atoms with Crippen molar-refractivity contribution in [3.05, 3.63) is 36.8 Å². The standard InChI is InChI=1S/C16H24N3O2/c1-13-4-2-5-15(12-13)19(16(20)21)9-3-8-18-10-6-14(17)7-11-18/h2,4-5,12,14H,1,3,6-11,17H2,(H,20,21). The Labute approximate surface area is 126 Å². The first kappa shape index (κ1) is 15.8. The van der Waals surface area contributed by atoms with Crippen LogP contribution in [0.4, 0.5) is 10.5 Å². The Hall–Kier alpha value is -1.59. The van der Waals surface area contributed by atoms with E-state index in [1.807, 2.05) is 18.2 Å². The maximum atomic E-state index is 11.4. The molecule has 0 saturated carbocycles. The number of hydrogen-bond acceptors (Lipinski definition) is 3. The Kier molecular flexibility index (Phi) is 5.59. The van der Waals surface area contributed by atoms with Crippen molar-refractivity contribution >= 4 is 11.8 Å². The molecule has 1 saturated heterocycles. The third-order valence-electron chi connectivity index (χ3n) is 3.94. The van der Waals surface area contributed by atoms with Crippen LogP contribution in [0.2, 0.25) is 0 Å². The number of amides is 1. The van der Waals surface area contributed by atoms with Crippen LogP contribution >= 0.6 is 0 Å². The molecule has 2 rings (SSSR count). The van der Waals surface area contributed by atoms with E-state index in [2.05, 4.69) is 11.8 Å². The topological polar surface area (TPSA) is 69.8 Å². The predicted molar refractivity (Wildman–Crippen MR) is 84.5 cm³/mol. The van der Waals surface area contributed by atoms with Crippen molar-refractivity contribution in [3.63, 3.8) is 0 Å². The van der Waals surface area contributed by atoms with E-state index in [9.17, 15) is 9.90 Å². The SMILES string of the molecule is [CH2]c1cccc(N(CCCN2CCC(N)CC2)C(=O)O)c1. The van der Waals surface area contributed by atoms with E-state index in [0.29, 0.717) is 18.3 Å². The first-order chi connectivity index (χ1) is 10.1. The van der Waals surface area contributed by atoms with Crippen molar-refractivity contribution < 1.29 is 9.90 Å². The summed E-state index contributed by atoms with van der Waals surface area (Å²) in [6, 6.07) is 7.63. The van der Waals surface area contributed by atoms with Gasteiger partial charge in [0.2, 0.25) is 0 Å². The molecule has 0 spiro atoms. The molecule has 115 valence electrons. The highest BCUT2D eigenvalue weighted by molar-refractivity contribution is 5.86. The van der Waals surface area contributed by atoms with Gasteiger partial charge in [0.05, 0.1) is 0 Å². The minimum absolute atomic E-state index is 0.330. The largest absolute Gasteiger partial charge is 0.465 e. The smallest absolute Gasteiger partial charge is 0.411 e. The zero-order chi connectivity index (χ0) is 15.2. The second-order valence-corrected chi connectivity index (χ2v) is 5.64. The molecule has 1 amide bonds. The molecule has 0 aromatic heterocycles. The van der Waals surface area contributed by atoms with Gasteiger partial charge in [-0.1, -0.05) is 12.1 Å². The Morgan fingerprint density at radius 3 is 2.76 bits per heavy atom. The summed E-state index contributed by atoms with van der Waals surface area (Å²) in [5, 5.41) is 9.36. The van der Waals surface area contributed by atoms with Crippen molar-refractivity contribution in [1.29, 1.82) is 0 Å². The summed E-state index contributed by atoms with van der Waals surface area (Å²) < 4.78 is 0. The number of carbonyl (C=O) groups is 1. The van der Waals surface area contributed by atoms with Crippen LogP contribution in [-0.2, 0) is 0 Å². The molecule has 1 heterocycles. The third-order valence-corrected chi connectivity index (χ3v) is 3.94. The van der Waals surface area contributed by atoms with Gasteiger partial charge in [0, 0.05) is 18.3 Å². The predicted octanol–water partition coefficient (Wildman–Crippen LogP) is 2.17. The van der Waals surface area contributed by atoms with Crippen molar-refractivity contribution in [2.75, 3.05) is 31.1 Å².